The van der Waals surface area contributed by atoms with Crippen LogP contribution in [0.5, 0.6) is 0 Å². The van der Waals surface area contributed by atoms with Crippen LogP contribution in [0, 0.1) is 5.92 Å². The van der Waals surface area contributed by atoms with Gasteiger partial charge >= 0.3 is 0 Å². The average molecular weight is 350 g/mol. The first-order valence-corrected chi connectivity index (χ1v) is 9.93. The van der Waals surface area contributed by atoms with Gasteiger partial charge in [-0.2, -0.15) is 0 Å². The summed E-state index contributed by atoms with van der Waals surface area (Å²) in [5.74, 6) is 0.429. The van der Waals surface area contributed by atoms with Gasteiger partial charge in [0.15, 0.2) is 0 Å². The molecule has 132 valence electrons. The third-order valence-electron chi connectivity index (χ3n) is 5.35. The monoisotopic (exact) mass is 349 g/mol. The second kappa shape index (κ2) is 8.12. The van der Waals surface area contributed by atoms with Gasteiger partial charge in [-0.15, -0.1) is 11.3 Å². The summed E-state index contributed by atoms with van der Waals surface area (Å²) < 4.78 is 0. The highest BCUT2D eigenvalue weighted by Crippen LogP contribution is 2.27. The molecule has 1 aromatic rings. The Kier molecular flexibility index (Phi) is 5.89. The number of likely N-dealkylation sites (tertiary alicyclic amines) is 1. The van der Waals surface area contributed by atoms with Crippen molar-refractivity contribution in [3.05, 3.63) is 22.4 Å². The van der Waals surface area contributed by atoms with Gasteiger partial charge in [-0.25, -0.2) is 0 Å². The molecule has 0 bridgehead atoms. The Bertz CT molecular complexity index is 555. The van der Waals surface area contributed by atoms with E-state index in [2.05, 4.69) is 5.32 Å². The van der Waals surface area contributed by atoms with Crippen LogP contribution in [0.15, 0.2) is 17.5 Å². The van der Waals surface area contributed by atoms with Crippen molar-refractivity contribution in [2.24, 2.45) is 11.7 Å². The molecule has 0 spiro atoms. The molecule has 5 nitrogen and oxygen atoms in total. The Labute approximate surface area is 147 Å². The molecule has 2 unspecified atom stereocenters. The molecule has 24 heavy (non-hydrogen) atoms. The van der Waals surface area contributed by atoms with Crippen molar-refractivity contribution in [3.63, 3.8) is 0 Å². The number of nitrogens with two attached hydrogens (primary N) is 1. The third kappa shape index (κ3) is 3.81. The molecule has 1 aliphatic heterocycles. The topological polar surface area (TPSA) is 75.4 Å². The van der Waals surface area contributed by atoms with E-state index in [0.29, 0.717) is 23.9 Å². The molecule has 2 fully saturated rings. The number of rotatable bonds is 5. The van der Waals surface area contributed by atoms with Crippen LogP contribution in [-0.2, 0) is 4.79 Å². The van der Waals surface area contributed by atoms with E-state index in [1.807, 2.05) is 17.5 Å². The molecule has 2 atom stereocenters. The molecule has 0 radical (unpaired) electrons. The molecular weight excluding hydrogens is 322 g/mol. The minimum absolute atomic E-state index is 0.0235. The Morgan fingerprint density at radius 1 is 1.25 bits per heavy atom. The quantitative estimate of drug-likeness (QED) is 0.857. The zero-order chi connectivity index (χ0) is 16.9. The zero-order valence-electron chi connectivity index (χ0n) is 14.1. The first-order valence-electron chi connectivity index (χ1n) is 9.05. The van der Waals surface area contributed by atoms with Gasteiger partial charge in [0.25, 0.3) is 5.91 Å². The minimum atomic E-state index is -0.350. The SMILES string of the molecule is NCC(NC(=O)C1CCCN1C(=O)c1cccs1)C1CCCCC1. The molecule has 1 saturated heterocycles. The van der Waals surface area contributed by atoms with E-state index in [1.54, 1.807) is 4.90 Å². The van der Waals surface area contributed by atoms with Gasteiger partial charge in [0.2, 0.25) is 5.91 Å². The third-order valence-corrected chi connectivity index (χ3v) is 6.21. The minimum Gasteiger partial charge on any atom is -0.350 e. The molecule has 6 heteroatoms. The first kappa shape index (κ1) is 17.4. The number of nitrogens with one attached hydrogen (secondary N) is 1. The number of amides is 2. The zero-order valence-corrected chi connectivity index (χ0v) is 14.9. The van der Waals surface area contributed by atoms with Gasteiger partial charge in [0, 0.05) is 19.1 Å². The maximum absolute atomic E-state index is 12.8. The highest BCUT2D eigenvalue weighted by atomic mass is 32.1. The summed E-state index contributed by atoms with van der Waals surface area (Å²) >= 11 is 1.43. The van der Waals surface area contributed by atoms with Gasteiger partial charge in [-0.3, -0.25) is 9.59 Å². The Morgan fingerprint density at radius 3 is 2.71 bits per heavy atom. The van der Waals surface area contributed by atoms with E-state index >= 15 is 0 Å². The Balaban J connectivity index is 1.63. The number of carbonyl (C=O) groups excluding carboxylic acids is 2. The van der Waals surface area contributed by atoms with E-state index in [1.165, 1.54) is 30.6 Å². The Hall–Kier alpha value is -1.40. The lowest BCUT2D eigenvalue weighted by atomic mass is 9.84. The summed E-state index contributed by atoms with van der Waals surface area (Å²) in [7, 11) is 0. The number of thiophene rings is 1. The van der Waals surface area contributed by atoms with Gasteiger partial charge in [0.1, 0.15) is 6.04 Å². The van der Waals surface area contributed by atoms with Crippen molar-refractivity contribution < 1.29 is 9.59 Å². The Morgan fingerprint density at radius 2 is 2.04 bits per heavy atom. The maximum atomic E-state index is 12.8. The van der Waals surface area contributed by atoms with E-state index in [9.17, 15) is 9.59 Å². The summed E-state index contributed by atoms with van der Waals surface area (Å²) in [6.07, 6.45) is 7.65. The van der Waals surface area contributed by atoms with Crippen LogP contribution in [0.3, 0.4) is 0 Å². The summed E-state index contributed by atoms with van der Waals surface area (Å²) in [5.41, 5.74) is 5.93. The number of nitrogens with zero attached hydrogens (tertiary/aromatic N) is 1. The summed E-state index contributed by atoms with van der Waals surface area (Å²) in [5, 5.41) is 5.05. The van der Waals surface area contributed by atoms with Crippen LogP contribution in [-0.4, -0.2) is 41.9 Å². The molecule has 2 aliphatic rings. The predicted octanol–water partition coefficient (Wildman–Crippen LogP) is 2.38. The van der Waals surface area contributed by atoms with Crippen molar-refractivity contribution in [2.75, 3.05) is 13.1 Å². The fraction of sp³-hybridized carbons (Fsp3) is 0.667. The fourth-order valence-electron chi connectivity index (χ4n) is 4.01. The summed E-state index contributed by atoms with van der Waals surface area (Å²) in [6, 6.07) is 3.39. The second-order valence-electron chi connectivity index (χ2n) is 6.88. The number of hydrogen-bond donors (Lipinski definition) is 2. The lowest BCUT2D eigenvalue weighted by Crippen LogP contribution is -2.53. The lowest BCUT2D eigenvalue weighted by molar-refractivity contribution is -0.126. The fourth-order valence-corrected chi connectivity index (χ4v) is 4.69. The normalized spacial score (nSPS) is 23.2. The molecule has 3 rings (SSSR count). The maximum Gasteiger partial charge on any atom is 0.264 e. The molecule has 2 amide bonds. The lowest BCUT2D eigenvalue weighted by Gasteiger charge is -2.32. The van der Waals surface area contributed by atoms with E-state index in [0.717, 1.165) is 25.7 Å². The van der Waals surface area contributed by atoms with E-state index in [4.69, 9.17) is 5.73 Å². The molecule has 2 heterocycles. The molecular formula is C18H27N3O2S. The van der Waals surface area contributed by atoms with Crippen LogP contribution < -0.4 is 11.1 Å². The van der Waals surface area contributed by atoms with E-state index in [-0.39, 0.29) is 23.9 Å². The standard InChI is InChI=1S/C18H27N3O2S/c19-12-14(13-6-2-1-3-7-13)20-17(22)15-8-4-10-21(15)18(23)16-9-5-11-24-16/h5,9,11,13-15H,1-4,6-8,10,12,19H2,(H,20,22). The molecule has 1 aromatic heterocycles. The van der Waals surface area contributed by atoms with Crippen LogP contribution >= 0.6 is 11.3 Å². The van der Waals surface area contributed by atoms with Crippen molar-refractivity contribution in [2.45, 2.75) is 57.0 Å². The molecule has 3 N–H and O–H groups in total. The van der Waals surface area contributed by atoms with Crippen molar-refractivity contribution in [3.8, 4) is 0 Å². The highest BCUT2D eigenvalue weighted by molar-refractivity contribution is 7.12. The molecule has 1 saturated carbocycles. The van der Waals surface area contributed by atoms with Crippen LogP contribution in [0.1, 0.15) is 54.6 Å². The molecule has 0 aromatic carbocycles. The van der Waals surface area contributed by atoms with Gasteiger partial charge in [-0.1, -0.05) is 25.3 Å². The van der Waals surface area contributed by atoms with Crippen LogP contribution in [0.25, 0.3) is 0 Å². The largest absolute Gasteiger partial charge is 0.350 e. The van der Waals surface area contributed by atoms with Crippen LogP contribution in [0.4, 0.5) is 0 Å². The predicted molar refractivity (Wildman–Crippen MR) is 95.9 cm³/mol. The van der Waals surface area contributed by atoms with Gasteiger partial charge in [-0.05, 0) is 43.0 Å². The second-order valence-corrected chi connectivity index (χ2v) is 7.83. The van der Waals surface area contributed by atoms with Gasteiger partial charge < -0.3 is 16.0 Å². The first-order chi connectivity index (χ1) is 11.7. The van der Waals surface area contributed by atoms with Gasteiger partial charge in [0.05, 0.1) is 4.88 Å². The van der Waals surface area contributed by atoms with Crippen molar-refractivity contribution in [1.82, 2.24) is 10.2 Å². The number of carbonyl (C=O) groups is 2. The van der Waals surface area contributed by atoms with Crippen molar-refractivity contribution in [1.29, 1.82) is 0 Å². The van der Waals surface area contributed by atoms with E-state index < -0.39 is 0 Å². The van der Waals surface area contributed by atoms with Crippen molar-refractivity contribution >= 4 is 23.2 Å². The number of hydrogen-bond acceptors (Lipinski definition) is 4. The average Bonchev–Trinajstić information content (AvgIpc) is 3.31. The summed E-state index contributed by atoms with van der Waals surface area (Å²) in [6.45, 7) is 1.13. The summed E-state index contributed by atoms with van der Waals surface area (Å²) in [4.78, 5) is 27.8. The van der Waals surface area contributed by atoms with Crippen LogP contribution in [0.2, 0.25) is 0 Å². The molecule has 1 aliphatic carbocycles. The smallest absolute Gasteiger partial charge is 0.264 e. The highest BCUT2D eigenvalue weighted by Gasteiger charge is 2.36.